The molecule has 0 amide bonds. The highest BCUT2D eigenvalue weighted by atomic mass is 35.5. The Bertz CT molecular complexity index is 625. The molecule has 0 aliphatic carbocycles. The second-order valence-electron chi connectivity index (χ2n) is 5.00. The second kappa shape index (κ2) is 6.95. The van der Waals surface area contributed by atoms with Gasteiger partial charge in [0.1, 0.15) is 0 Å². The zero-order chi connectivity index (χ0) is 15.4. The molecule has 1 unspecified atom stereocenters. The summed E-state index contributed by atoms with van der Waals surface area (Å²) in [6, 6.07) is 11.2. The van der Waals surface area contributed by atoms with Crippen LogP contribution >= 0.6 is 11.6 Å². The zero-order valence-corrected chi connectivity index (χ0v) is 13.4. The predicted octanol–water partition coefficient (Wildman–Crippen LogP) is 5.29. The Hall–Kier alpha value is -1.54. The van der Waals surface area contributed by atoms with Crippen LogP contribution in [0.4, 0.5) is 4.39 Å². The van der Waals surface area contributed by atoms with Gasteiger partial charge in [-0.1, -0.05) is 38.1 Å². The van der Waals surface area contributed by atoms with Gasteiger partial charge in [-0.05, 0) is 47.2 Å². The summed E-state index contributed by atoms with van der Waals surface area (Å²) in [7, 11) is 1.46. The van der Waals surface area contributed by atoms with Crippen molar-refractivity contribution in [2.75, 3.05) is 7.11 Å². The molecule has 0 aliphatic heterocycles. The van der Waals surface area contributed by atoms with E-state index in [1.807, 2.05) is 0 Å². The number of hydrogen-bond acceptors (Lipinski definition) is 1. The van der Waals surface area contributed by atoms with Gasteiger partial charge in [0.2, 0.25) is 0 Å². The molecule has 0 saturated heterocycles. The maximum atomic E-state index is 13.5. The average Bonchev–Trinajstić information content (AvgIpc) is 2.54. The van der Waals surface area contributed by atoms with Crippen LogP contribution in [0.25, 0.3) is 0 Å². The van der Waals surface area contributed by atoms with E-state index in [1.165, 1.54) is 24.3 Å². The Kier molecular flexibility index (Phi) is 5.24. The summed E-state index contributed by atoms with van der Waals surface area (Å²) in [6.07, 6.45) is 1.88. The molecule has 2 aromatic rings. The van der Waals surface area contributed by atoms with Crippen LogP contribution in [0.3, 0.4) is 0 Å². The van der Waals surface area contributed by atoms with Crippen molar-refractivity contribution in [1.82, 2.24) is 0 Å². The van der Waals surface area contributed by atoms with Gasteiger partial charge in [0.15, 0.2) is 11.6 Å². The predicted molar refractivity (Wildman–Crippen MR) is 85.8 cm³/mol. The fourth-order valence-corrected chi connectivity index (χ4v) is 2.77. The van der Waals surface area contributed by atoms with E-state index in [0.29, 0.717) is 0 Å². The Labute approximate surface area is 130 Å². The number of halogens is 2. The van der Waals surface area contributed by atoms with Crippen molar-refractivity contribution in [1.29, 1.82) is 0 Å². The molecule has 0 aliphatic rings. The average molecular weight is 307 g/mol. The Balaban J connectivity index is 2.45. The molecule has 0 aromatic heterocycles. The van der Waals surface area contributed by atoms with Crippen molar-refractivity contribution in [3.05, 3.63) is 64.5 Å². The van der Waals surface area contributed by atoms with Crippen LogP contribution < -0.4 is 4.74 Å². The molecule has 0 saturated carbocycles. The molecule has 0 heterocycles. The number of ether oxygens (including phenoxy) is 1. The van der Waals surface area contributed by atoms with E-state index in [4.69, 9.17) is 16.3 Å². The van der Waals surface area contributed by atoms with Crippen LogP contribution in [0.5, 0.6) is 5.75 Å². The van der Waals surface area contributed by atoms with Crippen LogP contribution in [0.2, 0.25) is 0 Å². The van der Waals surface area contributed by atoms with Crippen molar-refractivity contribution < 1.29 is 9.13 Å². The highest BCUT2D eigenvalue weighted by Crippen LogP contribution is 2.34. The van der Waals surface area contributed by atoms with E-state index in [1.54, 1.807) is 12.1 Å². The molecule has 21 heavy (non-hydrogen) atoms. The fourth-order valence-electron chi connectivity index (χ4n) is 2.44. The molecule has 2 rings (SSSR count). The number of alkyl halides is 1. The fraction of sp³-hybridized carbons (Fsp3) is 0.333. The van der Waals surface area contributed by atoms with E-state index in [2.05, 4.69) is 32.0 Å². The van der Waals surface area contributed by atoms with Crippen molar-refractivity contribution in [3.8, 4) is 5.75 Å². The van der Waals surface area contributed by atoms with E-state index < -0.39 is 0 Å². The van der Waals surface area contributed by atoms with Gasteiger partial charge in [-0.3, -0.25) is 0 Å². The molecule has 0 bridgehead atoms. The topological polar surface area (TPSA) is 9.23 Å². The van der Waals surface area contributed by atoms with E-state index in [9.17, 15) is 4.39 Å². The molecule has 0 N–H and O–H groups in total. The summed E-state index contributed by atoms with van der Waals surface area (Å²) in [5, 5.41) is -0.305. The molecule has 2 aromatic carbocycles. The number of hydrogen-bond donors (Lipinski definition) is 0. The number of aryl methyl sites for hydroxylation is 2. The minimum atomic E-state index is -0.372. The third-order valence-corrected chi connectivity index (χ3v) is 4.23. The summed E-state index contributed by atoms with van der Waals surface area (Å²) in [6.45, 7) is 4.23. The maximum absolute atomic E-state index is 13.5. The van der Waals surface area contributed by atoms with Gasteiger partial charge < -0.3 is 4.74 Å². The Morgan fingerprint density at radius 3 is 2.48 bits per heavy atom. The summed E-state index contributed by atoms with van der Waals surface area (Å²) in [5.41, 5.74) is 4.41. The third-order valence-electron chi connectivity index (χ3n) is 3.74. The van der Waals surface area contributed by atoms with Crippen molar-refractivity contribution in [2.24, 2.45) is 0 Å². The van der Waals surface area contributed by atoms with E-state index in [-0.39, 0.29) is 16.9 Å². The monoisotopic (exact) mass is 306 g/mol. The first kappa shape index (κ1) is 15.8. The first-order chi connectivity index (χ1) is 10.1. The molecule has 1 atom stereocenters. The van der Waals surface area contributed by atoms with Gasteiger partial charge in [-0.2, -0.15) is 0 Å². The molecular weight excluding hydrogens is 287 g/mol. The summed E-state index contributed by atoms with van der Waals surface area (Å²) in [5.74, 6) is -0.147. The Morgan fingerprint density at radius 2 is 1.86 bits per heavy atom. The molecule has 112 valence electrons. The molecule has 3 heteroatoms. The lowest BCUT2D eigenvalue weighted by Gasteiger charge is -2.17. The molecule has 1 nitrogen and oxygen atoms in total. The maximum Gasteiger partial charge on any atom is 0.165 e. The summed E-state index contributed by atoms with van der Waals surface area (Å²) in [4.78, 5) is 0. The van der Waals surface area contributed by atoms with Crippen LogP contribution in [0.1, 0.15) is 41.5 Å². The van der Waals surface area contributed by atoms with Gasteiger partial charge in [0.25, 0.3) is 0 Å². The van der Waals surface area contributed by atoms with Gasteiger partial charge in [0, 0.05) is 0 Å². The van der Waals surface area contributed by atoms with Gasteiger partial charge >= 0.3 is 0 Å². The first-order valence-corrected chi connectivity index (χ1v) is 7.63. The molecule has 0 spiro atoms. The molecule has 0 radical (unpaired) electrons. The minimum absolute atomic E-state index is 0.225. The lowest BCUT2D eigenvalue weighted by Crippen LogP contribution is -2.01. The zero-order valence-electron chi connectivity index (χ0n) is 12.6. The number of rotatable bonds is 5. The van der Waals surface area contributed by atoms with Crippen LogP contribution in [-0.4, -0.2) is 7.11 Å². The third kappa shape index (κ3) is 3.38. The quantitative estimate of drug-likeness (QED) is 0.682. The lowest BCUT2D eigenvalue weighted by atomic mass is 9.95. The second-order valence-corrected chi connectivity index (χ2v) is 5.43. The highest BCUT2D eigenvalue weighted by molar-refractivity contribution is 6.22. The number of methoxy groups -OCH3 is 1. The summed E-state index contributed by atoms with van der Waals surface area (Å²) < 4.78 is 18.6. The van der Waals surface area contributed by atoms with Crippen LogP contribution in [0.15, 0.2) is 36.4 Å². The standard InChI is InChI=1S/C18H20ClFO/c1-4-12-6-7-13(5-2)15(10-12)18(19)14-8-9-16(20)17(11-14)21-3/h6-11,18H,4-5H2,1-3H3. The van der Waals surface area contributed by atoms with Gasteiger partial charge in [0.05, 0.1) is 12.5 Å². The largest absolute Gasteiger partial charge is 0.494 e. The minimum Gasteiger partial charge on any atom is -0.494 e. The SMILES string of the molecule is CCc1ccc(CC)c(C(Cl)c2ccc(F)c(OC)c2)c1. The smallest absolute Gasteiger partial charge is 0.165 e. The van der Waals surface area contributed by atoms with E-state index >= 15 is 0 Å². The lowest BCUT2D eigenvalue weighted by molar-refractivity contribution is 0.386. The first-order valence-electron chi connectivity index (χ1n) is 7.19. The van der Waals surface area contributed by atoms with Crippen molar-refractivity contribution in [3.63, 3.8) is 0 Å². The summed E-state index contributed by atoms with van der Waals surface area (Å²) >= 11 is 6.65. The normalized spacial score (nSPS) is 12.2. The highest BCUT2D eigenvalue weighted by Gasteiger charge is 2.16. The van der Waals surface area contributed by atoms with E-state index in [0.717, 1.165) is 24.0 Å². The van der Waals surface area contributed by atoms with Gasteiger partial charge in [-0.25, -0.2) is 4.39 Å². The van der Waals surface area contributed by atoms with Crippen molar-refractivity contribution in [2.45, 2.75) is 32.1 Å². The van der Waals surface area contributed by atoms with Crippen LogP contribution in [0, 0.1) is 5.82 Å². The van der Waals surface area contributed by atoms with Gasteiger partial charge in [-0.15, -0.1) is 11.6 Å². The van der Waals surface area contributed by atoms with Crippen LogP contribution in [-0.2, 0) is 12.8 Å². The Morgan fingerprint density at radius 1 is 1.10 bits per heavy atom. The number of benzene rings is 2. The van der Waals surface area contributed by atoms with Crippen molar-refractivity contribution >= 4 is 11.6 Å². The molecule has 0 fully saturated rings. The molecular formula is C18H20ClFO.